The number of hydrogen-bond donors (Lipinski definition) is 2. The van der Waals surface area contributed by atoms with E-state index in [1.54, 1.807) is 0 Å². The second-order valence-corrected chi connectivity index (χ2v) is 5.93. The van der Waals surface area contributed by atoms with Gasteiger partial charge in [0.15, 0.2) is 0 Å². The Morgan fingerprint density at radius 3 is 2.35 bits per heavy atom. The van der Waals surface area contributed by atoms with Gasteiger partial charge in [0.2, 0.25) is 0 Å². The van der Waals surface area contributed by atoms with Crippen LogP contribution in [0.3, 0.4) is 0 Å². The molecule has 1 unspecified atom stereocenters. The Balaban J connectivity index is 2.55. The van der Waals surface area contributed by atoms with Crippen molar-refractivity contribution in [2.24, 2.45) is 5.84 Å². The summed E-state index contributed by atoms with van der Waals surface area (Å²) in [6.07, 6.45) is 0. The average molecular weight is 358 g/mol. The van der Waals surface area contributed by atoms with Gasteiger partial charge in [-0.15, -0.1) is 0 Å². The van der Waals surface area contributed by atoms with Crippen molar-refractivity contribution in [3.63, 3.8) is 0 Å². The third-order valence-corrected chi connectivity index (χ3v) is 4.82. The van der Waals surface area contributed by atoms with Crippen LogP contribution in [0.4, 0.5) is 4.39 Å². The standard InChI is InChI=1S/C15H15BrClFN2/c1-8-5-10(6-9(2)14(8)16)15(20-19)12-7-11(18)3-4-13(12)17/h3-7,15,20H,19H2,1-2H3. The Hall–Kier alpha value is -0.940. The van der Waals surface area contributed by atoms with Crippen molar-refractivity contribution in [1.29, 1.82) is 0 Å². The summed E-state index contributed by atoms with van der Waals surface area (Å²) in [4.78, 5) is 0. The van der Waals surface area contributed by atoms with Gasteiger partial charge in [-0.2, -0.15) is 0 Å². The van der Waals surface area contributed by atoms with Crippen LogP contribution in [0, 0.1) is 19.7 Å². The van der Waals surface area contributed by atoms with Gasteiger partial charge in [0.05, 0.1) is 6.04 Å². The molecule has 0 amide bonds. The van der Waals surface area contributed by atoms with E-state index < -0.39 is 0 Å². The fourth-order valence-corrected chi connectivity index (χ4v) is 2.70. The van der Waals surface area contributed by atoms with Gasteiger partial charge in [-0.25, -0.2) is 9.82 Å². The van der Waals surface area contributed by atoms with Crippen LogP contribution >= 0.6 is 27.5 Å². The first-order valence-corrected chi connectivity index (χ1v) is 7.29. The number of benzene rings is 2. The van der Waals surface area contributed by atoms with Gasteiger partial charge in [0, 0.05) is 9.50 Å². The Bertz CT molecular complexity index is 623. The van der Waals surface area contributed by atoms with E-state index >= 15 is 0 Å². The van der Waals surface area contributed by atoms with Gasteiger partial charge < -0.3 is 0 Å². The predicted molar refractivity (Wildman–Crippen MR) is 84.2 cm³/mol. The minimum atomic E-state index is -0.358. The molecule has 106 valence electrons. The fraction of sp³-hybridized carbons (Fsp3) is 0.200. The van der Waals surface area contributed by atoms with Crippen LogP contribution < -0.4 is 11.3 Å². The number of nitrogens with two attached hydrogens (primary N) is 1. The third kappa shape index (κ3) is 3.04. The lowest BCUT2D eigenvalue weighted by Crippen LogP contribution is -2.29. The summed E-state index contributed by atoms with van der Waals surface area (Å²) in [6, 6.07) is 7.92. The summed E-state index contributed by atoms with van der Waals surface area (Å²) < 4.78 is 14.5. The summed E-state index contributed by atoms with van der Waals surface area (Å²) in [5.74, 6) is 5.31. The van der Waals surface area contributed by atoms with E-state index in [9.17, 15) is 4.39 Å². The maximum absolute atomic E-state index is 13.4. The topological polar surface area (TPSA) is 38.0 Å². The minimum absolute atomic E-state index is 0.338. The zero-order valence-electron chi connectivity index (χ0n) is 11.2. The molecule has 3 N–H and O–H groups in total. The smallest absolute Gasteiger partial charge is 0.123 e. The van der Waals surface area contributed by atoms with Crippen LogP contribution in [-0.2, 0) is 0 Å². The molecule has 20 heavy (non-hydrogen) atoms. The lowest BCUT2D eigenvalue weighted by atomic mass is 9.96. The van der Waals surface area contributed by atoms with Crippen LogP contribution in [0.15, 0.2) is 34.8 Å². The second kappa shape index (κ2) is 6.22. The molecule has 0 radical (unpaired) electrons. The van der Waals surface area contributed by atoms with Crippen LogP contribution in [0.2, 0.25) is 5.02 Å². The molecule has 5 heteroatoms. The molecule has 0 spiro atoms. The summed E-state index contributed by atoms with van der Waals surface area (Å²) in [7, 11) is 0. The maximum Gasteiger partial charge on any atom is 0.123 e. The molecule has 2 aromatic rings. The van der Waals surface area contributed by atoms with E-state index in [2.05, 4.69) is 21.4 Å². The van der Waals surface area contributed by atoms with Gasteiger partial charge in [-0.1, -0.05) is 39.7 Å². The molecule has 0 fully saturated rings. The molecule has 0 aliphatic heterocycles. The van der Waals surface area contributed by atoms with Crippen molar-refractivity contribution < 1.29 is 4.39 Å². The number of rotatable bonds is 3. The normalized spacial score (nSPS) is 12.5. The van der Waals surface area contributed by atoms with E-state index in [1.807, 2.05) is 26.0 Å². The van der Waals surface area contributed by atoms with Gasteiger partial charge >= 0.3 is 0 Å². The first-order chi connectivity index (χ1) is 9.43. The van der Waals surface area contributed by atoms with E-state index in [-0.39, 0.29) is 11.9 Å². The van der Waals surface area contributed by atoms with Crippen molar-refractivity contribution in [2.45, 2.75) is 19.9 Å². The summed E-state index contributed by atoms with van der Waals surface area (Å²) in [5, 5.41) is 0.479. The van der Waals surface area contributed by atoms with Crippen LogP contribution in [0.5, 0.6) is 0 Å². The van der Waals surface area contributed by atoms with Crippen molar-refractivity contribution in [2.75, 3.05) is 0 Å². The van der Waals surface area contributed by atoms with Crippen molar-refractivity contribution >= 4 is 27.5 Å². The number of nitrogens with one attached hydrogen (secondary N) is 1. The number of hydrazine groups is 1. The first kappa shape index (κ1) is 15.4. The zero-order valence-corrected chi connectivity index (χ0v) is 13.5. The maximum atomic E-state index is 13.4. The van der Waals surface area contributed by atoms with Crippen molar-refractivity contribution in [3.8, 4) is 0 Å². The van der Waals surface area contributed by atoms with Crippen molar-refractivity contribution in [1.82, 2.24) is 5.43 Å². The molecular weight excluding hydrogens is 343 g/mol. The van der Waals surface area contributed by atoms with Gasteiger partial charge in [0.1, 0.15) is 5.82 Å². The highest BCUT2D eigenvalue weighted by molar-refractivity contribution is 9.10. The molecular formula is C15H15BrClFN2. The Morgan fingerprint density at radius 1 is 1.20 bits per heavy atom. The highest BCUT2D eigenvalue weighted by Crippen LogP contribution is 2.32. The average Bonchev–Trinajstić information content (AvgIpc) is 2.40. The Labute approximate surface area is 131 Å². The molecule has 0 aliphatic carbocycles. The summed E-state index contributed by atoms with van der Waals surface area (Å²) in [5.41, 5.74) is 6.45. The summed E-state index contributed by atoms with van der Waals surface area (Å²) >= 11 is 9.69. The summed E-state index contributed by atoms with van der Waals surface area (Å²) in [6.45, 7) is 4.00. The molecule has 2 aromatic carbocycles. The second-order valence-electron chi connectivity index (χ2n) is 4.73. The lowest BCUT2D eigenvalue weighted by molar-refractivity contribution is 0.605. The van der Waals surface area contributed by atoms with E-state index in [0.29, 0.717) is 10.6 Å². The van der Waals surface area contributed by atoms with Gasteiger partial charge in [-0.3, -0.25) is 5.84 Å². The molecule has 0 aromatic heterocycles. The molecule has 2 nitrogen and oxygen atoms in total. The fourth-order valence-electron chi connectivity index (χ4n) is 2.25. The molecule has 0 saturated heterocycles. The lowest BCUT2D eigenvalue weighted by Gasteiger charge is -2.20. The number of hydrogen-bond acceptors (Lipinski definition) is 2. The zero-order chi connectivity index (χ0) is 14.9. The number of halogens is 3. The molecule has 0 saturated carbocycles. The molecule has 0 aliphatic rings. The predicted octanol–water partition coefficient (Wildman–Crippen LogP) is 4.41. The van der Waals surface area contributed by atoms with E-state index in [1.165, 1.54) is 18.2 Å². The van der Waals surface area contributed by atoms with Gasteiger partial charge in [0.25, 0.3) is 0 Å². The minimum Gasteiger partial charge on any atom is -0.271 e. The van der Waals surface area contributed by atoms with Crippen LogP contribution in [-0.4, -0.2) is 0 Å². The Kier molecular flexibility index (Phi) is 4.81. The quantitative estimate of drug-likeness (QED) is 0.631. The SMILES string of the molecule is Cc1cc(C(NN)c2cc(F)ccc2Cl)cc(C)c1Br. The third-order valence-electron chi connectivity index (χ3n) is 3.23. The van der Waals surface area contributed by atoms with Crippen LogP contribution in [0.25, 0.3) is 0 Å². The monoisotopic (exact) mass is 356 g/mol. The first-order valence-electron chi connectivity index (χ1n) is 6.11. The molecule has 1 atom stereocenters. The highest BCUT2D eigenvalue weighted by Gasteiger charge is 2.18. The van der Waals surface area contributed by atoms with Gasteiger partial charge in [-0.05, 0) is 54.3 Å². The largest absolute Gasteiger partial charge is 0.271 e. The van der Waals surface area contributed by atoms with E-state index in [4.69, 9.17) is 17.4 Å². The molecule has 2 rings (SSSR count). The Morgan fingerprint density at radius 2 is 1.80 bits per heavy atom. The highest BCUT2D eigenvalue weighted by atomic mass is 79.9. The molecule has 0 bridgehead atoms. The van der Waals surface area contributed by atoms with Crippen molar-refractivity contribution in [3.05, 3.63) is 67.9 Å². The van der Waals surface area contributed by atoms with Crippen LogP contribution in [0.1, 0.15) is 28.3 Å². The van der Waals surface area contributed by atoms with E-state index in [0.717, 1.165) is 21.2 Å². The molecule has 0 heterocycles. The number of aryl methyl sites for hydroxylation is 2.